The van der Waals surface area contributed by atoms with Gasteiger partial charge in [0.1, 0.15) is 0 Å². The maximum Gasteiger partial charge on any atom is 0.165 e. The van der Waals surface area contributed by atoms with Crippen LogP contribution in [-0.4, -0.2) is 10.2 Å². The largest absolute Gasteiger partial charge is 0.504 e. The molecule has 0 aliphatic heterocycles. The molecular weight excluding hydrogens is 248 g/mol. The van der Waals surface area contributed by atoms with Gasteiger partial charge in [-0.1, -0.05) is 56.3 Å². The highest BCUT2D eigenvalue weighted by Gasteiger charge is 2.14. The van der Waals surface area contributed by atoms with Gasteiger partial charge in [0.2, 0.25) is 0 Å². The van der Waals surface area contributed by atoms with Crippen LogP contribution in [0.4, 0.5) is 0 Å². The number of hydrogen-bond donors (Lipinski definition) is 2. The average molecular weight is 268 g/mol. The van der Waals surface area contributed by atoms with Crippen LogP contribution >= 0.6 is 0 Å². The number of aromatic hydroxyl groups is 2. The van der Waals surface area contributed by atoms with Crippen LogP contribution in [0.5, 0.6) is 11.5 Å². The maximum absolute atomic E-state index is 10.1. The molecule has 2 N–H and O–H groups in total. The highest BCUT2D eigenvalue weighted by Crippen LogP contribution is 2.39. The van der Waals surface area contributed by atoms with Gasteiger partial charge in [-0.25, -0.2) is 0 Å². The Kier molecular flexibility index (Phi) is 4.46. The van der Waals surface area contributed by atoms with Crippen molar-refractivity contribution >= 4 is 11.1 Å². The third-order valence-corrected chi connectivity index (χ3v) is 3.53. The minimum atomic E-state index is -0.0723. The molecule has 0 aliphatic rings. The number of para-hydroxylation sites is 1. The van der Waals surface area contributed by atoms with Crippen molar-refractivity contribution in [3.05, 3.63) is 59.7 Å². The van der Waals surface area contributed by atoms with E-state index in [4.69, 9.17) is 0 Å². The average Bonchev–Trinajstić information content (AvgIpc) is 2.49. The molecule has 2 rings (SSSR count). The molecular formula is C18H20O2. The molecule has 0 amide bonds. The minimum absolute atomic E-state index is 0.0359. The van der Waals surface area contributed by atoms with Crippen LogP contribution in [0.15, 0.2) is 48.5 Å². The smallest absolute Gasteiger partial charge is 0.165 e. The lowest BCUT2D eigenvalue weighted by molar-refractivity contribution is 0.402. The van der Waals surface area contributed by atoms with Gasteiger partial charge in [0.15, 0.2) is 11.5 Å². The van der Waals surface area contributed by atoms with Crippen LogP contribution in [0.1, 0.15) is 37.8 Å². The summed E-state index contributed by atoms with van der Waals surface area (Å²) in [6.45, 7) is 4.18. The molecule has 2 heteroatoms. The van der Waals surface area contributed by atoms with Crippen LogP contribution in [0, 0.1) is 0 Å². The Morgan fingerprint density at radius 2 is 1.45 bits per heavy atom. The fraction of sp³-hybridized carbons (Fsp3) is 0.222. The molecule has 0 aliphatic carbocycles. The molecule has 104 valence electrons. The summed E-state index contributed by atoms with van der Waals surface area (Å²) in [6.07, 6.45) is 1.68. The second kappa shape index (κ2) is 6.29. The zero-order valence-corrected chi connectivity index (χ0v) is 11.9. The summed E-state index contributed by atoms with van der Waals surface area (Å²) < 4.78 is 0. The van der Waals surface area contributed by atoms with Crippen molar-refractivity contribution in [1.29, 1.82) is 0 Å². The number of allylic oxidation sites excluding steroid dienone is 2. The van der Waals surface area contributed by atoms with Gasteiger partial charge in [0, 0.05) is 5.56 Å². The molecule has 0 heterocycles. The fourth-order valence-electron chi connectivity index (χ4n) is 2.57. The standard InChI is InChI=1S/C18H20O2/c1-3-14(13-9-6-5-7-10-13)15(4-2)16-11-8-12-17(19)18(16)20/h5-12,19-20H,3-4H2,1-2H3. The van der Waals surface area contributed by atoms with Crippen molar-refractivity contribution in [3.63, 3.8) is 0 Å². The van der Waals surface area contributed by atoms with E-state index in [0.29, 0.717) is 5.56 Å². The normalized spacial score (nSPS) is 12.1. The molecule has 2 nitrogen and oxygen atoms in total. The molecule has 0 spiro atoms. The van der Waals surface area contributed by atoms with Crippen molar-refractivity contribution in [1.82, 2.24) is 0 Å². The Bertz CT molecular complexity index is 613. The van der Waals surface area contributed by atoms with Gasteiger partial charge in [0.05, 0.1) is 0 Å². The van der Waals surface area contributed by atoms with Crippen molar-refractivity contribution in [2.45, 2.75) is 26.7 Å². The van der Waals surface area contributed by atoms with Crippen LogP contribution in [0.25, 0.3) is 11.1 Å². The molecule has 0 saturated carbocycles. The molecule has 0 unspecified atom stereocenters. The fourth-order valence-corrected chi connectivity index (χ4v) is 2.57. The van der Waals surface area contributed by atoms with Crippen molar-refractivity contribution in [2.24, 2.45) is 0 Å². The van der Waals surface area contributed by atoms with Crippen LogP contribution in [-0.2, 0) is 0 Å². The molecule has 0 saturated heterocycles. The van der Waals surface area contributed by atoms with Crippen molar-refractivity contribution in [3.8, 4) is 11.5 Å². The second-order valence-electron chi connectivity index (χ2n) is 4.70. The summed E-state index contributed by atoms with van der Waals surface area (Å²) in [5, 5.41) is 19.8. The van der Waals surface area contributed by atoms with Gasteiger partial charge in [-0.05, 0) is 35.6 Å². The number of rotatable bonds is 4. The molecule has 2 aromatic carbocycles. The SMILES string of the molecule is CCC(=C(CC)c1cccc(O)c1O)c1ccccc1. The maximum atomic E-state index is 10.1. The Balaban J connectivity index is 2.64. The quantitative estimate of drug-likeness (QED) is 0.616. The van der Waals surface area contributed by atoms with E-state index in [1.807, 2.05) is 24.3 Å². The van der Waals surface area contributed by atoms with E-state index >= 15 is 0 Å². The first kappa shape index (κ1) is 14.2. The zero-order chi connectivity index (χ0) is 14.5. The first-order chi connectivity index (χ1) is 9.69. The Labute approximate surface area is 120 Å². The highest BCUT2D eigenvalue weighted by molar-refractivity contribution is 5.92. The van der Waals surface area contributed by atoms with Gasteiger partial charge in [-0.2, -0.15) is 0 Å². The van der Waals surface area contributed by atoms with E-state index in [1.54, 1.807) is 6.07 Å². The van der Waals surface area contributed by atoms with Gasteiger partial charge in [-0.3, -0.25) is 0 Å². The summed E-state index contributed by atoms with van der Waals surface area (Å²) >= 11 is 0. The van der Waals surface area contributed by atoms with E-state index in [9.17, 15) is 10.2 Å². The van der Waals surface area contributed by atoms with Crippen molar-refractivity contribution in [2.75, 3.05) is 0 Å². The Morgan fingerprint density at radius 3 is 2.05 bits per heavy atom. The molecule has 0 atom stereocenters. The monoisotopic (exact) mass is 268 g/mol. The summed E-state index contributed by atoms with van der Waals surface area (Å²) in [6, 6.07) is 15.3. The molecule has 0 radical (unpaired) electrons. The Hall–Kier alpha value is -2.22. The zero-order valence-electron chi connectivity index (χ0n) is 11.9. The van der Waals surface area contributed by atoms with Crippen LogP contribution < -0.4 is 0 Å². The summed E-state index contributed by atoms with van der Waals surface area (Å²) in [5.41, 5.74) is 4.16. The first-order valence-electron chi connectivity index (χ1n) is 6.97. The van der Waals surface area contributed by atoms with E-state index in [2.05, 4.69) is 26.0 Å². The van der Waals surface area contributed by atoms with Gasteiger partial charge >= 0.3 is 0 Å². The van der Waals surface area contributed by atoms with Gasteiger partial charge in [-0.15, -0.1) is 0 Å². The predicted molar refractivity (Wildman–Crippen MR) is 83.6 cm³/mol. The lowest BCUT2D eigenvalue weighted by Crippen LogP contribution is -1.92. The lowest BCUT2D eigenvalue weighted by Gasteiger charge is -2.15. The first-order valence-corrected chi connectivity index (χ1v) is 6.97. The van der Waals surface area contributed by atoms with E-state index in [1.165, 1.54) is 11.6 Å². The number of phenols is 2. The van der Waals surface area contributed by atoms with Crippen LogP contribution in [0.2, 0.25) is 0 Å². The molecule has 0 aromatic heterocycles. The van der Waals surface area contributed by atoms with E-state index in [0.717, 1.165) is 24.0 Å². The third-order valence-electron chi connectivity index (χ3n) is 3.53. The molecule has 2 aromatic rings. The minimum Gasteiger partial charge on any atom is -0.504 e. The lowest BCUT2D eigenvalue weighted by atomic mass is 9.91. The van der Waals surface area contributed by atoms with Gasteiger partial charge in [0.25, 0.3) is 0 Å². The number of benzene rings is 2. The predicted octanol–water partition coefficient (Wildman–Crippen LogP) is 4.83. The molecule has 20 heavy (non-hydrogen) atoms. The number of hydrogen-bond acceptors (Lipinski definition) is 2. The van der Waals surface area contributed by atoms with E-state index in [-0.39, 0.29) is 11.5 Å². The van der Waals surface area contributed by atoms with Gasteiger partial charge < -0.3 is 10.2 Å². The number of phenolic OH excluding ortho intramolecular Hbond substituents is 2. The summed E-state index contributed by atoms with van der Waals surface area (Å²) in [7, 11) is 0. The summed E-state index contributed by atoms with van der Waals surface area (Å²) in [5.74, 6) is -0.108. The summed E-state index contributed by atoms with van der Waals surface area (Å²) in [4.78, 5) is 0. The topological polar surface area (TPSA) is 40.5 Å². The second-order valence-corrected chi connectivity index (χ2v) is 4.70. The van der Waals surface area contributed by atoms with Crippen LogP contribution in [0.3, 0.4) is 0 Å². The molecule has 0 fully saturated rings. The Morgan fingerprint density at radius 1 is 0.800 bits per heavy atom. The third kappa shape index (κ3) is 2.69. The highest BCUT2D eigenvalue weighted by atomic mass is 16.3. The van der Waals surface area contributed by atoms with E-state index < -0.39 is 0 Å². The van der Waals surface area contributed by atoms with Crippen molar-refractivity contribution < 1.29 is 10.2 Å². The molecule has 0 bridgehead atoms.